The van der Waals surface area contributed by atoms with Crippen LogP contribution in [0.3, 0.4) is 0 Å². The smallest absolute Gasteiger partial charge is 0.325 e. The van der Waals surface area contributed by atoms with Gasteiger partial charge in [0.05, 0.1) is 6.61 Å². The van der Waals surface area contributed by atoms with Crippen molar-refractivity contribution in [3.63, 3.8) is 0 Å². The minimum absolute atomic E-state index is 0.00976. The zero-order valence-corrected chi connectivity index (χ0v) is 14.4. The summed E-state index contributed by atoms with van der Waals surface area (Å²) >= 11 is 0. The highest BCUT2D eigenvalue weighted by molar-refractivity contribution is 5.96. The lowest BCUT2D eigenvalue weighted by Gasteiger charge is -2.07. The summed E-state index contributed by atoms with van der Waals surface area (Å²) < 4.78 is 15.4. The van der Waals surface area contributed by atoms with Gasteiger partial charge in [-0.05, 0) is 37.6 Å². The van der Waals surface area contributed by atoms with Crippen LogP contribution in [0, 0.1) is 6.92 Å². The van der Waals surface area contributed by atoms with Gasteiger partial charge in [-0.3, -0.25) is 9.59 Å². The fraction of sp³-hybridized carbons (Fsp3) is 0.389. The first-order chi connectivity index (χ1) is 12.1. The topological polar surface area (TPSA) is 90.7 Å². The maximum absolute atomic E-state index is 12.0. The monoisotopic (exact) mass is 346 g/mol. The first-order valence-electron chi connectivity index (χ1n) is 8.17. The zero-order valence-electron chi connectivity index (χ0n) is 14.4. The van der Waals surface area contributed by atoms with E-state index < -0.39 is 5.97 Å². The van der Waals surface area contributed by atoms with E-state index in [1.807, 2.05) is 0 Å². The lowest BCUT2D eigenvalue weighted by molar-refractivity contribution is -0.143. The fourth-order valence-electron chi connectivity index (χ4n) is 1.98. The number of unbranched alkanes of at least 4 members (excludes halogenated alkanes) is 1. The summed E-state index contributed by atoms with van der Waals surface area (Å²) in [5.41, 5.74) is 0.971. The van der Waals surface area contributed by atoms with E-state index in [9.17, 15) is 9.59 Å². The molecule has 2 rings (SSSR count). The van der Waals surface area contributed by atoms with Crippen LogP contribution >= 0.6 is 0 Å². The largest absolute Gasteiger partial charge is 0.494 e. The summed E-state index contributed by atoms with van der Waals surface area (Å²) in [6.07, 6.45) is 2.05. The standard InChI is InChI=1S/C18H22N2O5/c1-3-4-9-23-16-7-5-14(6-8-16)18(22)19-11-17(21)24-12-15-10-13(2)25-20-15/h5-8,10H,3-4,9,11-12H2,1-2H3,(H,19,22). The fourth-order valence-corrected chi connectivity index (χ4v) is 1.98. The second kappa shape index (κ2) is 9.46. The molecule has 2 aromatic rings. The molecular weight excluding hydrogens is 324 g/mol. The van der Waals surface area contributed by atoms with Crippen molar-refractivity contribution >= 4 is 11.9 Å². The van der Waals surface area contributed by atoms with Crippen molar-refractivity contribution in [2.45, 2.75) is 33.3 Å². The predicted molar refractivity (Wildman–Crippen MR) is 90.2 cm³/mol. The molecule has 0 radical (unpaired) electrons. The number of amides is 1. The second-order valence-electron chi connectivity index (χ2n) is 5.50. The number of rotatable bonds is 9. The molecule has 0 unspecified atom stereocenters. The van der Waals surface area contributed by atoms with E-state index >= 15 is 0 Å². The van der Waals surface area contributed by atoms with Crippen LogP contribution in [0.2, 0.25) is 0 Å². The molecule has 1 heterocycles. The molecule has 1 aromatic carbocycles. The molecule has 0 bridgehead atoms. The van der Waals surface area contributed by atoms with Crippen molar-refractivity contribution in [2.75, 3.05) is 13.2 Å². The van der Waals surface area contributed by atoms with Crippen LogP contribution in [-0.2, 0) is 16.1 Å². The first-order valence-corrected chi connectivity index (χ1v) is 8.17. The normalized spacial score (nSPS) is 10.3. The van der Waals surface area contributed by atoms with Crippen LogP contribution in [0.5, 0.6) is 5.75 Å². The Balaban J connectivity index is 1.72. The van der Waals surface area contributed by atoms with E-state index in [0.717, 1.165) is 12.8 Å². The van der Waals surface area contributed by atoms with Crippen molar-refractivity contribution in [2.24, 2.45) is 0 Å². The van der Waals surface area contributed by atoms with Crippen molar-refractivity contribution in [1.82, 2.24) is 10.5 Å². The van der Waals surface area contributed by atoms with Gasteiger partial charge in [-0.2, -0.15) is 0 Å². The number of nitrogens with zero attached hydrogens (tertiary/aromatic N) is 1. The van der Waals surface area contributed by atoms with Crippen LogP contribution in [0.1, 0.15) is 41.6 Å². The van der Waals surface area contributed by atoms with Gasteiger partial charge in [-0.1, -0.05) is 18.5 Å². The molecule has 0 aliphatic rings. The average molecular weight is 346 g/mol. The Hall–Kier alpha value is -2.83. The van der Waals surface area contributed by atoms with Crippen molar-refractivity contribution in [1.29, 1.82) is 0 Å². The van der Waals surface area contributed by atoms with Gasteiger partial charge in [0.15, 0.2) is 0 Å². The minimum Gasteiger partial charge on any atom is -0.494 e. The van der Waals surface area contributed by atoms with Gasteiger partial charge in [-0.15, -0.1) is 0 Å². The summed E-state index contributed by atoms with van der Waals surface area (Å²) in [5.74, 6) is 0.455. The Morgan fingerprint density at radius 1 is 1.24 bits per heavy atom. The lowest BCUT2D eigenvalue weighted by atomic mass is 10.2. The summed E-state index contributed by atoms with van der Waals surface area (Å²) in [5, 5.41) is 6.23. The van der Waals surface area contributed by atoms with Crippen LogP contribution < -0.4 is 10.1 Å². The third-order valence-corrected chi connectivity index (χ3v) is 3.33. The highest BCUT2D eigenvalue weighted by atomic mass is 16.5. The Morgan fingerprint density at radius 3 is 2.64 bits per heavy atom. The van der Waals surface area contributed by atoms with E-state index in [4.69, 9.17) is 14.0 Å². The van der Waals surface area contributed by atoms with Gasteiger partial charge in [0.25, 0.3) is 5.91 Å². The van der Waals surface area contributed by atoms with Gasteiger partial charge < -0.3 is 19.3 Å². The van der Waals surface area contributed by atoms with Gasteiger partial charge in [0, 0.05) is 11.6 Å². The molecule has 7 nitrogen and oxygen atoms in total. The molecule has 0 saturated heterocycles. The number of hydrogen-bond acceptors (Lipinski definition) is 6. The molecule has 0 spiro atoms. The molecule has 0 aliphatic carbocycles. The molecule has 1 amide bonds. The van der Waals surface area contributed by atoms with Crippen LogP contribution in [0.4, 0.5) is 0 Å². The zero-order chi connectivity index (χ0) is 18.1. The van der Waals surface area contributed by atoms with Crippen molar-refractivity contribution < 1.29 is 23.6 Å². The van der Waals surface area contributed by atoms with Gasteiger partial charge in [0.2, 0.25) is 0 Å². The maximum Gasteiger partial charge on any atom is 0.325 e. The van der Waals surface area contributed by atoms with Crippen molar-refractivity contribution in [3.8, 4) is 5.75 Å². The molecular formula is C18H22N2O5. The third kappa shape index (κ3) is 6.29. The number of carbonyl (C=O) groups excluding carboxylic acids is 2. The highest BCUT2D eigenvalue weighted by Gasteiger charge is 2.10. The summed E-state index contributed by atoms with van der Waals surface area (Å²) in [6, 6.07) is 8.45. The number of carbonyl (C=O) groups is 2. The number of benzene rings is 1. The number of aryl methyl sites for hydroxylation is 1. The van der Waals surface area contributed by atoms with Crippen molar-refractivity contribution in [3.05, 3.63) is 47.3 Å². The van der Waals surface area contributed by atoms with E-state index in [-0.39, 0.29) is 19.1 Å². The van der Waals surface area contributed by atoms with E-state index in [2.05, 4.69) is 17.4 Å². The SMILES string of the molecule is CCCCOc1ccc(C(=O)NCC(=O)OCc2cc(C)on2)cc1. The number of nitrogens with one attached hydrogen (secondary N) is 1. The predicted octanol–water partition coefficient (Wildman–Crippen LogP) is 2.64. The number of ether oxygens (including phenoxy) is 2. The average Bonchev–Trinajstić information content (AvgIpc) is 3.04. The van der Waals surface area contributed by atoms with Crippen LogP contribution in [0.15, 0.2) is 34.9 Å². The molecule has 0 aliphatic heterocycles. The molecule has 25 heavy (non-hydrogen) atoms. The number of aromatic nitrogens is 1. The molecule has 1 aromatic heterocycles. The van der Waals surface area contributed by atoms with E-state index in [1.165, 1.54) is 0 Å². The molecule has 0 atom stereocenters. The number of hydrogen-bond donors (Lipinski definition) is 1. The Bertz CT molecular complexity index is 694. The quantitative estimate of drug-likeness (QED) is 0.554. The Morgan fingerprint density at radius 2 is 2.00 bits per heavy atom. The van der Waals surface area contributed by atoms with Crippen LogP contribution in [0.25, 0.3) is 0 Å². The molecule has 0 fully saturated rings. The lowest BCUT2D eigenvalue weighted by Crippen LogP contribution is -2.30. The third-order valence-electron chi connectivity index (χ3n) is 3.33. The highest BCUT2D eigenvalue weighted by Crippen LogP contribution is 2.12. The Labute approximate surface area is 146 Å². The maximum atomic E-state index is 12.0. The second-order valence-corrected chi connectivity index (χ2v) is 5.50. The molecule has 134 valence electrons. The Kier molecular flexibility index (Phi) is 7.00. The first kappa shape index (κ1) is 18.5. The van der Waals surface area contributed by atoms with Crippen LogP contribution in [-0.4, -0.2) is 30.2 Å². The summed E-state index contributed by atoms with van der Waals surface area (Å²) in [7, 11) is 0. The summed E-state index contributed by atoms with van der Waals surface area (Å²) in [6.45, 7) is 4.28. The number of esters is 1. The van der Waals surface area contributed by atoms with E-state index in [0.29, 0.717) is 29.4 Å². The molecule has 1 N–H and O–H groups in total. The molecule has 7 heteroatoms. The van der Waals surface area contributed by atoms with Gasteiger partial charge in [-0.25, -0.2) is 0 Å². The minimum atomic E-state index is -0.548. The molecule has 0 saturated carbocycles. The van der Waals surface area contributed by atoms with Gasteiger partial charge in [0.1, 0.15) is 30.4 Å². The van der Waals surface area contributed by atoms with Gasteiger partial charge >= 0.3 is 5.97 Å². The summed E-state index contributed by atoms with van der Waals surface area (Å²) in [4.78, 5) is 23.7. The van der Waals surface area contributed by atoms with E-state index in [1.54, 1.807) is 37.3 Å².